The Bertz CT molecular complexity index is 1130. The predicted octanol–water partition coefficient (Wildman–Crippen LogP) is 4.40. The molecule has 0 fully saturated rings. The van der Waals surface area contributed by atoms with Crippen LogP contribution in [0.1, 0.15) is 22.1 Å². The number of hydrogen-bond donors (Lipinski definition) is 1. The van der Waals surface area contributed by atoms with Crippen molar-refractivity contribution in [2.45, 2.75) is 12.6 Å². The summed E-state index contributed by atoms with van der Waals surface area (Å²) in [6.45, 7) is 0.429. The molecule has 0 aliphatic rings. The number of imidazole rings is 1. The van der Waals surface area contributed by atoms with E-state index in [1.54, 1.807) is 24.5 Å². The number of nitrogens with one attached hydrogen (secondary N) is 1. The van der Waals surface area contributed by atoms with Crippen molar-refractivity contribution in [3.8, 4) is 0 Å². The van der Waals surface area contributed by atoms with E-state index in [2.05, 4.69) is 15.3 Å². The van der Waals surface area contributed by atoms with Crippen LogP contribution in [-0.4, -0.2) is 20.4 Å². The van der Waals surface area contributed by atoms with E-state index in [9.17, 15) is 9.18 Å². The van der Waals surface area contributed by atoms with Crippen LogP contribution in [0.4, 0.5) is 4.39 Å². The molecule has 2 aromatic heterocycles. The van der Waals surface area contributed by atoms with E-state index in [0.29, 0.717) is 11.6 Å². The highest BCUT2D eigenvalue weighted by Gasteiger charge is 2.18. The van der Waals surface area contributed by atoms with Crippen molar-refractivity contribution < 1.29 is 9.18 Å². The van der Waals surface area contributed by atoms with Crippen molar-refractivity contribution in [1.29, 1.82) is 0 Å². The summed E-state index contributed by atoms with van der Waals surface area (Å²) >= 11 is 5.97. The Hall–Kier alpha value is -3.25. The molecule has 5 nitrogen and oxygen atoms in total. The number of halogens is 2. The molecule has 0 aliphatic carbocycles. The largest absolute Gasteiger partial charge is 0.342 e. The number of carbonyl (C=O) groups excluding carboxylic acids is 1. The molecule has 0 saturated carbocycles. The van der Waals surface area contributed by atoms with Crippen molar-refractivity contribution in [1.82, 2.24) is 19.9 Å². The standard InChI is InChI=1S/C21H16ClFN4O/c22-15-9-10-24-18(11-15)21(28)26-19(14-5-7-16(23)8-6-14)12-27-13-25-17-3-1-2-4-20(17)27/h1-11,13,19H,12H2,(H,26,28)/t19-/m1/s1. The monoisotopic (exact) mass is 394 g/mol. The lowest BCUT2D eigenvalue weighted by Gasteiger charge is -2.20. The fraction of sp³-hybridized carbons (Fsp3) is 0.0952. The number of carbonyl (C=O) groups is 1. The van der Waals surface area contributed by atoms with Crippen LogP contribution in [0.2, 0.25) is 5.02 Å². The fourth-order valence-electron chi connectivity index (χ4n) is 3.04. The van der Waals surface area contributed by atoms with Gasteiger partial charge in [0, 0.05) is 17.8 Å². The zero-order chi connectivity index (χ0) is 19.5. The van der Waals surface area contributed by atoms with Crippen molar-refractivity contribution in [3.05, 3.63) is 95.3 Å². The second-order valence-corrected chi connectivity index (χ2v) is 6.76. The summed E-state index contributed by atoms with van der Waals surface area (Å²) in [6, 6.07) is 16.5. The van der Waals surface area contributed by atoms with Gasteiger partial charge in [-0.25, -0.2) is 9.37 Å². The molecule has 28 heavy (non-hydrogen) atoms. The third kappa shape index (κ3) is 3.87. The van der Waals surface area contributed by atoms with Gasteiger partial charge in [-0.2, -0.15) is 0 Å². The number of pyridine rings is 1. The number of para-hydroxylation sites is 2. The highest BCUT2D eigenvalue weighted by Crippen LogP contribution is 2.20. The van der Waals surface area contributed by atoms with Gasteiger partial charge in [0.15, 0.2) is 0 Å². The van der Waals surface area contributed by atoms with Crippen LogP contribution in [0, 0.1) is 5.82 Å². The van der Waals surface area contributed by atoms with Crippen LogP contribution >= 0.6 is 11.6 Å². The molecular formula is C21H16ClFN4O. The Balaban J connectivity index is 1.65. The van der Waals surface area contributed by atoms with Crippen molar-refractivity contribution >= 4 is 28.5 Å². The Kier molecular flexibility index (Phi) is 5.04. The summed E-state index contributed by atoms with van der Waals surface area (Å²) in [4.78, 5) is 21.2. The third-order valence-electron chi connectivity index (χ3n) is 4.44. The van der Waals surface area contributed by atoms with Gasteiger partial charge in [-0.3, -0.25) is 9.78 Å². The van der Waals surface area contributed by atoms with Gasteiger partial charge in [0.2, 0.25) is 0 Å². The van der Waals surface area contributed by atoms with Crippen molar-refractivity contribution in [2.24, 2.45) is 0 Å². The minimum atomic E-state index is -0.411. The minimum Gasteiger partial charge on any atom is -0.342 e. The molecule has 1 N–H and O–H groups in total. The SMILES string of the molecule is O=C(N[C@H](Cn1cnc2ccccc21)c1ccc(F)cc1)c1cc(Cl)ccn1. The van der Waals surface area contributed by atoms with Crippen LogP contribution in [0.5, 0.6) is 0 Å². The predicted molar refractivity (Wildman–Crippen MR) is 106 cm³/mol. The molecule has 0 saturated heterocycles. The number of fused-ring (bicyclic) bond motifs is 1. The molecule has 7 heteroatoms. The summed E-state index contributed by atoms with van der Waals surface area (Å²) in [7, 11) is 0. The molecule has 2 heterocycles. The second-order valence-electron chi connectivity index (χ2n) is 6.32. The highest BCUT2D eigenvalue weighted by atomic mass is 35.5. The van der Waals surface area contributed by atoms with E-state index < -0.39 is 6.04 Å². The van der Waals surface area contributed by atoms with Crippen LogP contribution in [0.15, 0.2) is 73.2 Å². The van der Waals surface area contributed by atoms with Gasteiger partial charge in [0.25, 0.3) is 5.91 Å². The van der Waals surface area contributed by atoms with E-state index in [-0.39, 0.29) is 17.4 Å². The summed E-state index contributed by atoms with van der Waals surface area (Å²) < 4.78 is 15.3. The molecule has 2 aromatic carbocycles. The van der Waals surface area contributed by atoms with Gasteiger partial charge >= 0.3 is 0 Å². The zero-order valence-electron chi connectivity index (χ0n) is 14.7. The maximum Gasteiger partial charge on any atom is 0.270 e. The maximum absolute atomic E-state index is 13.4. The number of amides is 1. The van der Waals surface area contributed by atoms with E-state index in [4.69, 9.17) is 11.6 Å². The first-order valence-corrected chi connectivity index (χ1v) is 9.06. The lowest BCUT2D eigenvalue weighted by Crippen LogP contribution is -2.32. The molecular weight excluding hydrogens is 379 g/mol. The molecule has 0 radical (unpaired) electrons. The summed E-state index contributed by atoms with van der Waals surface area (Å²) in [5.74, 6) is -0.695. The first kappa shape index (κ1) is 18.1. The molecule has 0 unspecified atom stereocenters. The molecule has 0 aliphatic heterocycles. The van der Waals surface area contributed by atoms with Gasteiger partial charge < -0.3 is 9.88 Å². The zero-order valence-corrected chi connectivity index (χ0v) is 15.5. The summed E-state index contributed by atoms with van der Waals surface area (Å²) in [5, 5.41) is 3.40. The summed E-state index contributed by atoms with van der Waals surface area (Å²) in [5.41, 5.74) is 2.80. The van der Waals surface area contributed by atoms with Crippen molar-refractivity contribution in [2.75, 3.05) is 0 Å². The Morgan fingerprint density at radius 2 is 1.89 bits per heavy atom. The minimum absolute atomic E-state index is 0.218. The number of benzene rings is 2. The van der Waals surface area contributed by atoms with Crippen LogP contribution in [0.3, 0.4) is 0 Å². The van der Waals surface area contributed by atoms with Gasteiger partial charge in [-0.15, -0.1) is 0 Å². The number of rotatable bonds is 5. The average Bonchev–Trinajstić information content (AvgIpc) is 3.11. The second kappa shape index (κ2) is 7.78. The smallest absolute Gasteiger partial charge is 0.270 e. The first-order valence-electron chi connectivity index (χ1n) is 8.68. The first-order chi connectivity index (χ1) is 13.6. The third-order valence-corrected chi connectivity index (χ3v) is 4.67. The molecule has 1 amide bonds. The highest BCUT2D eigenvalue weighted by molar-refractivity contribution is 6.30. The van der Waals surface area contributed by atoms with E-state index in [1.807, 2.05) is 28.8 Å². The molecule has 0 bridgehead atoms. The van der Waals surface area contributed by atoms with Crippen LogP contribution in [-0.2, 0) is 6.54 Å². The van der Waals surface area contributed by atoms with E-state index in [1.165, 1.54) is 24.4 Å². The van der Waals surface area contributed by atoms with Crippen LogP contribution in [0.25, 0.3) is 11.0 Å². The van der Waals surface area contributed by atoms with E-state index in [0.717, 1.165) is 16.6 Å². The number of nitrogens with zero attached hydrogens (tertiary/aromatic N) is 3. The van der Waals surface area contributed by atoms with Gasteiger partial charge in [-0.05, 0) is 42.0 Å². The maximum atomic E-state index is 13.4. The lowest BCUT2D eigenvalue weighted by atomic mass is 10.1. The molecule has 140 valence electrons. The topological polar surface area (TPSA) is 59.8 Å². The van der Waals surface area contributed by atoms with Crippen LogP contribution < -0.4 is 5.32 Å². The number of hydrogen-bond acceptors (Lipinski definition) is 3. The molecule has 4 aromatic rings. The van der Waals surface area contributed by atoms with Crippen molar-refractivity contribution in [3.63, 3.8) is 0 Å². The fourth-order valence-corrected chi connectivity index (χ4v) is 3.20. The Morgan fingerprint density at radius 3 is 2.68 bits per heavy atom. The Labute approximate surface area is 165 Å². The number of aromatic nitrogens is 3. The van der Waals surface area contributed by atoms with Gasteiger partial charge in [-0.1, -0.05) is 35.9 Å². The Morgan fingerprint density at radius 1 is 1.11 bits per heavy atom. The normalized spacial score (nSPS) is 12.1. The van der Waals surface area contributed by atoms with Gasteiger partial charge in [0.1, 0.15) is 11.5 Å². The molecule has 4 rings (SSSR count). The average molecular weight is 395 g/mol. The van der Waals surface area contributed by atoms with E-state index >= 15 is 0 Å². The molecule has 0 spiro atoms. The lowest BCUT2D eigenvalue weighted by molar-refractivity contribution is 0.0928. The summed E-state index contributed by atoms with van der Waals surface area (Å²) in [6.07, 6.45) is 3.21. The van der Waals surface area contributed by atoms with Gasteiger partial charge in [0.05, 0.1) is 23.4 Å². The molecule has 1 atom stereocenters. The quantitative estimate of drug-likeness (QED) is 0.546.